The second-order valence-corrected chi connectivity index (χ2v) is 4.43. The van der Waals surface area contributed by atoms with Crippen molar-refractivity contribution in [2.24, 2.45) is 0 Å². The lowest BCUT2D eigenvalue weighted by Crippen LogP contribution is -2.37. The highest BCUT2D eigenvalue weighted by Gasteiger charge is 2.14. The number of carbonyl (C=O) groups excluding carboxylic acids is 1. The Bertz CT molecular complexity index is 576. The summed E-state index contributed by atoms with van der Waals surface area (Å²) in [7, 11) is 0. The maximum Gasteiger partial charge on any atom is 0.269 e. The maximum absolute atomic E-state index is 12.8. The molecule has 0 fully saturated rings. The molecule has 3 N–H and O–H groups in total. The highest BCUT2D eigenvalue weighted by atomic mass is 19.1. The van der Waals surface area contributed by atoms with Crippen molar-refractivity contribution in [3.63, 3.8) is 0 Å². The van der Waals surface area contributed by atoms with Gasteiger partial charge >= 0.3 is 0 Å². The molecule has 1 amide bonds. The van der Waals surface area contributed by atoms with Gasteiger partial charge in [-0.1, -0.05) is 6.92 Å². The summed E-state index contributed by atoms with van der Waals surface area (Å²) in [6.45, 7) is 1.76. The van der Waals surface area contributed by atoms with Gasteiger partial charge in [0.25, 0.3) is 5.91 Å². The van der Waals surface area contributed by atoms with Crippen LogP contribution in [0.15, 0.2) is 30.3 Å². The van der Waals surface area contributed by atoms with Crippen molar-refractivity contribution >= 4 is 5.91 Å². The van der Waals surface area contributed by atoms with Gasteiger partial charge in [-0.25, -0.2) is 4.39 Å². The summed E-state index contributed by atoms with van der Waals surface area (Å²) in [5.41, 5.74) is 1.58. The average molecular weight is 277 g/mol. The summed E-state index contributed by atoms with van der Waals surface area (Å²) in [6.07, 6.45) is 0.640. The number of aliphatic hydroxyl groups is 1. The van der Waals surface area contributed by atoms with E-state index in [0.29, 0.717) is 17.8 Å². The number of H-pyrrole nitrogens is 1. The fraction of sp³-hybridized carbons (Fsp3) is 0.286. The number of hydrogen-bond acceptors (Lipinski definition) is 3. The van der Waals surface area contributed by atoms with Gasteiger partial charge in [0, 0.05) is 5.56 Å². The lowest BCUT2D eigenvalue weighted by atomic mass is 10.1. The third kappa shape index (κ3) is 3.21. The van der Waals surface area contributed by atoms with Gasteiger partial charge in [-0.05, 0) is 36.8 Å². The first-order chi connectivity index (χ1) is 9.63. The summed E-state index contributed by atoms with van der Waals surface area (Å²) in [4.78, 5) is 11.9. The quantitative estimate of drug-likeness (QED) is 0.778. The number of aromatic amines is 1. The molecular weight excluding hydrogens is 261 g/mol. The number of amides is 1. The second kappa shape index (κ2) is 6.29. The van der Waals surface area contributed by atoms with Gasteiger partial charge < -0.3 is 10.4 Å². The Labute approximate surface area is 115 Å². The third-order valence-corrected chi connectivity index (χ3v) is 3.01. The van der Waals surface area contributed by atoms with Gasteiger partial charge in [-0.3, -0.25) is 9.89 Å². The molecule has 0 aliphatic carbocycles. The van der Waals surface area contributed by atoms with Crippen molar-refractivity contribution in [1.82, 2.24) is 15.5 Å². The number of aliphatic hydroxyl groups excluding tert-OH is 1. The van der Waals surface area contributed by atoms with Crippen LogP contribution in [0.3, 0.4) is 0 Å². The van der Waals surface area contributed by atoms with Crippen LogP contribution in [0.1, 0.15) is 23.8 Å². The third-order valence-electron chi connectivity index (χ3n) is 3.01. The van der Waals surface area contributed by atoms with E-state index in [1.807, 2.05) is 6.92 Å². The molecule has 20 heavy (non-hydrogen) atoms. The molecule has 0 saturated carbocycles. The first-order valence-corrected chi connectivity index (χ1v) is 6.37. The lowest BCUT2D eigenvalue weighted by molar-refractivity contribution is 0.0910. The fourth-order valence-corrected chi connectivity index (χ4v) is 1.75. The van der Waals surface area contributed by atoms with E-state index in [2.05, 4.69) is 15.5 Å². The number of nitrogens with zero attached hydrogens (tertiary/aromatic N) is 1. The Balaban J connectivity index is 2.12. The van der Waals surface area contributed by atoms with Crippen LogP contribution in [0.5, 0.6) is 0 Å². The van der Waals surface area contributed by atoms with Crippen molar-refractivity contribution < 1.29 is 14.3 Å². The molecule has 2 rings (SSSR count). The molecule has 1 aromatic heterocycles. The molecule has 0 aliphatic rings. The van der Waals surface area contributed by atoms with Crippen LogP contribution < -0.4 is 5.32 Å². The molecule has 1 unspecified atom stereocenters. The van der Waals surface area contributed by atoms with Crippen LogP contribution in [-0.4, -0.2) is 33.9 Å². The summed E-state index contributed by atoms with van der Waals surface area (Å²) >= 11 is 0. The predicted molar refractivity (Wildman–Crippen MR) is 72.6 cm³/mol. The standard InChI is InChI=1S/C14H16FN3O2/c1-2-11(8-19)16-14(20)13-7-12(17-18-13)9-3-5-10(15)6-4-9/h3-7,11,19H,2,8H2,1H3,(H,16,20)(H,17,18). The predicted octanol–water partition coefficient (Wildman–Crippen LogP) is 1.72. The smallest absolute Gasteiger partial charge is 0.269 e. The molecule has 1 atom stereocenters. The Morgan fingerprint density at radius 1 is 1.45 bits per heavy atom. The molecule has 0 spiro atoms. The molecule has 1 aromatic carbocycles. The number of benzene rings is 1. The van der Waals surface area contributed by atoms with E-state index in [1.54, 1.807) is 18.2 Å². The summed E-state index contributed by atoms with van der Waals surface area (Å²) in [6, 6.07) is 7.17. The molecule has 5 nitrogen and oxygen atoms in total. The Morgan fingerprint density at radius 3 is 2.75 bits per heavy atom. The minimum Gasteiger partial charge on any atom is -0.394 e. The van der Waals surface area contributed by atoms with E-state index >= 15 is 0 Å². The topological polar surface area (TPSA) is 78.0 Å². The Kier molecular flexibility index (Phi) is 4.47. The number of aromatic nitrogens is 2. The van der Waals surface area contributed by atoms with Crippen LogP contribution >= 0.6 is 0 Å². The Morgan fingerprint density at radius 2 is 2.15 bits per heavy atom. The zero-order chi connectivity index (χ0) is 14.5. The summed E-state index contributed by atoms with van der Waals surface area (Å²) in [5.74, 6) is -0.650. The van der Waals surface area contributed by atoms with Gasteiger partial charge in [0.1, 0.15) is 11.5 Å². The van der Waals surface area contributed by atoms with Crippen molar-refractivity contribution in [2.45, 2.75) is 19.4 Å². The van der Waals surface area contributed by atoms with Crippen LogP contribution in [-0.2, 0) is 0 Å². The fourth-order valence-electron chi connectivity index (χ4n) is 1.75. The molecule has 0 radical (unpaired) electrons. The van der Waals surface area contributed by atoms with Gasteiger partial charge in [0.2, 0.25) is 0 Å². The molecule has 0 bridgehead atoms. The van der Waals surface area contributed by atoms with Gasteiger partial charge in [-0.2, -0.15) is 5.10 Å². The summed E-state index contributed by atoms with van der Waals surface area (Å²) in [5, 5.41) is 18.4. The van der Waals surface area contributed by atoms with E-state index in [1.165, 1.54) is 12.1 Å². The number of carbonyl (C=O) groups is 1. The molecule has 106 valence electrons. The van der Waals surface area contributed by atoms with Gasteiger partial charge in [-0.15, -0.1) is 0 Å². The monoisotopic (exact) mass is 277 g/mol. The van der Waals surface area contributed by atoms with Gasteiger partial charge in [0.15, 0.2) is 0 Å². The normalized spacial score (nSPS) is 12.2. The largest absolute Gasteiger partial charge is 0.394 e. The van der Waals surface area contributed by atoms with Crippen LogP contribution in [0.25, 0.3) is 11.3 Å². The van der Waals surface area contributed by atoms with Gasteiger partial charge in [0.05, 0.1) is 18.3 Å². The number of nitrogens with one attached hydrogen (secondary N) is 2. The van der Waals surface area contributed by atoms with Crippen LogP contribution in [0.4, 0.5) is 4.39 Å². The highest BCUT2D eigenvalue weighted by Crippen LogP contribution is 2.18. The van der Waals surface area contributed by atoms with E-state index in [9.17, 15) is 9.18 Å². The van der Waals surface area contributed by atoms with E-state index in [0.717, 1.165) is 5.56 Å². The second-order valence-electron chi connectivity index (χ2n) is 4.43. The SMILES string of the molecule is CCC(CO)NC(=O)c1cc(-c2ccc(F)cc2)n[nH]1. The number of halogens is 1. The van der Waals surface area contributed by atoms with Crippen molar-refractivity contribution in [3.05, 3.63) is 41.8 Å². The lowest BCUT2D eigenvalue weighted by Gasteiger charge is -2.12. The zero-order valence-corrected chi connectivity index (χ0v) is 11.1. The number of hydrogen-bond donors (Lipinski definition) is 3. The van der Waals surface area contributed by atoms with Crippen molar-refractivity contribution in [3.8, 4) is 11.3 Å². The van der Waals surface area contributed by atoms with E-state index in [4.69, 9.17) is 5.11 Å². The van der Waals surface area contributed by atoms with Crippen molar-refractivity contribution in [1.29, 1.82) is 0 Å². The van der Waals surface area contributed by atoms with E-state index < -0.39 is 0 Å². The maximum atomic E-state index is 12.8. The molecular formula is C14H16FN3O2. The first kappa shape index (κ1) is 14.2. The molecule has 2 aromatic rings. The zero-order valence-electron chi connectivity index (χ0n) is 11.1. The average Bonchev–Trinajstić information content (AvgIpc) is 2.95. The number of rotatable bonds is 5. The van der Waals surface area contributed by atoms with Crippen LogP contribution in [0.2, 0.25) is 0 Å². The Hall–Kier alpha value is -2.21. The minimum atomic E-state index is -0.327. The van der Waals surface area contributed by atoms with E-state index in [-0.39, 0.29) is 24.4 Å². The van der Waals surface area contributed by atoms with Crippen molar-refractivity contribution in [2.75, 3.05) is 6.61 Å². The molecule has 1 heterocycles. The molecule has 0 aliphatic heterocycles. The first-order valence-electron chi connectivity index (χ1n) is 6.37. The minimum absolute atomic E-state index is 0.110. The van der Waals surface area contributed by atoms with Crippen LogP contribution in [0, 0.1) is 5.82 Å². The molecule has 6 heteroatoms. The highest BCUT2D eigenvalue weighted by molar-refractivity contribution is 5.93. The molecule has 0 saturated heterocycles. The summed E-state index contributed by atoms with van der Waals surface area (Å²) < 4.78 is 12.8.